The highest BCUT2D eigenvalue weighted by molar-refractivity contribution is 5.69. The van der Waals surface area contributed by atoms with Crippen molar-refractivity contribution in [1.29, 1.82) is 0 Å². The van der Waals surface area contributed by atoms with Gasteiger partial charge < -0.3 is 19.3 Å². The highest BCUT2D eigenvalue weighted by atomic mass is 16.5. The number of carboxylic acids is 1. The standard InChI is InChI=1S/C25H30O5/c1-17(2)11-12-29-21-8-9-22-18(13-21)3-10-23(22)30-20-6-4-19(5-7-20)25(14-24(26)27)15-28-16-25/h4-9,13,17,23H,3,10-12,14-16H2,1-2H3,(H,26,27). The maximum Gasteiger partial charge on any atom is 0.304 e. The van der Waals surface area contributed by atoms with Gasteiger partial charge in [-0.05, 0) is 66.1 Å². The number of hydrogen-bond acceptors (Lipinski definition) is 4. The first-order valence-corrected chi connectivity index (χ1v) is 10.8. The van der Waals surface area contributed by atoms with Gasteiger partial charge in [-0.25, -0.2) is 0 Å². The minimum absolute atomic E-state index is 0.0376. The SMILES string of the molecule is CC(C)CCOc1ccc2c(c1)CCC2Oc1ccc(C2(CC(=O)O)COC2)cc1. The number of aryl methyl sites for hydroxylation is 1. The lowest BCUT2D eigenvalue weighted by Crippen LogP contribution is -2.48. The first-order chi connectivity index (χ1) is 14.4. The van der Waals surface area contributed by atoms with E-state index in [0.717, 1.165) is 42.9 Å². The molecule has 1 heterocycles. The Morgan fingerprint density at radius 1 is 1.17 bits per heavy atom. The van der Waals surface area contributed by atoms with Crippen LogP contribution in [0.4, 0.5) is 0 Å². The Labute approximate surface area is 178 Å². The number of fused-ring (bicyclic) bond motifs is 1. The van der Waals surface area contributed by atoms with Gasteiger partial charge in [0.15, 0.2) is 0 Å². The van der Waals surface area contributed by atoms with Gasteiger partial charge >= 0.3 is 5.97 Å². The second-order valence-electron chi connectivity index (χ2n) is 8.90. The van der Waals surface area contributed by atoms with Crippen molar-refractivity contribution in [2.24, 2.45) is 5.92 Å². The molecule has 1 N–H and O–H groups in total. The number of benzene rings is 2. The van der Waals surface area contributed by atoms with Gasteiger partial charge in [0.05, 0.1) is 31.7 Å². The van der Waals surface area contributed by atoms with E-state index < -0.39 is 11.4 Å². The molecule has 30 heavy (non-hydrogen) atoms. The van der Waals surface area contributed by atoms with Crippen molar-refractivity contribution in [3.05, 3.63) is 59.2 Å². The maximum atomic E-state index is 11.2. The fourth-order valence-electron chi connectivity index (χ4n) is 4.24. The summed E-state index contributed by atoms with van der Waals surface area (Å²) in [6, 6.07) is 14.1. The van der Waals surface area contributed by atoms with E-state index in [4.69, 9.17) is 14.2 Å². The molecule has 0 saturated carbocycles. The Hall–Kier alpha value is -2.53. The van der Waals surface area contributed by atoms with Gasteiger partial charge in [0, 0.05) is 0 Å². The molecule has 0 amide bonds. The third kappa shape index (κ3) is 4.46. The Morgan fingerprint density at radius 2 is 1.90 bits per heavy atom. The molecule has 0 radical (unpaired) electrons. The van der Waals surface area contributed by atoms with Crippen LogP contribution in [0, 0.1) is 5.92 Å². The van der Waals surface area contributed by atoms with E-state index >= 15 is 0 Å². The molecule has 0 spiro atoms. The summed E-state index contributed by atoms with van der Waals surface area (Å²) in [5.41, 5.74) is 3.12. The molecule has 0 aromatic heterocycles. The second kappa shape index (κ2) is 8.68. The third-order valence-electron chi connectivity index (χ3n) is 6.09. The van der Waals surface area contributed by atoms with E-state index in [-0.39, 0.29) is 12.5 Å². The Morgan fingerprint density at radius 3 is 2.53 bits per heavy atom. The molecule has 5 heteroatoms. The van der Waals surface area contributed by atoms with Gasteiger partial charge in [0.2, 0.25) is 0 Å². The van der Waals surface area contributed by atoms with Crippen molar-refractivity contribution in [3.63, 3.8) is 0 Å². The van der Waals surface area contributed by atoms with Crippen LogP contribution in [0.3, 0.4) is 0 Å². The zero-order valence-corrected chi connectivity index (χ0v) is 17.7. The second-order valence-corrected chi connectivity index (χ2v) is 8.90. The van der Waals surface area contributed by atoms with Crippen molar-refractivity contribution >= 4 is 5.97 Å². The van der Waals surface area contributed by atoms with Gasteiger partial charge in [-0.1, -0.05) is 32.0 Å². The molecule has 2 aromatic rings. The van der Waals surface area contributed by atoms with Crippen LogP contribution in [0.5, 0.6) is 11.5 Å². The largest absolute Gasteiger partial charge is 0.494 e. The summed E-state index contributed by atoms with van der Waals surface area (Å²) in [5.74, 6) is 1.58. The summed E-state index contributed by atoms with van der Waals surface area (Å²) in [5, 5.41) is 9.21. The fourth-order valence-corrected chi connectivity index (χ4v) is 4.24. The van der Waals surface area contributed by atoms with Crippen LogP contribution >= 0.6 is 0 Å². The molecule has 1 atom stereocenters. The molecule has 4 rings (SSSR count). The first-order valence-electron chi connectivity index (χ1n) is 10.8. The number of carbonyl (C=O) groups is 1. The van der Waals surface area contributed by atoms with Gasteiger partial charge in [-0.2, -0.15) is 0 Å². The predicted molar refractivity (Wildman–Crippen MR) is 114 cm³/mol. The number of aliphatic carboxylic acids is 1. The molecule has 1 unspecified atom stereocenters. The zero-order valence-electron chi connectivity index (χ0n) is 17.7. The molecule has 1 fully saturated rings. The maximum absolute atomic E-state index is 11.2. The lowest BCUT2D eigenvalue weighted by molar-refractivity contribution is -0.145. The van der Waals surface area contributed by atoms with Crippen LogP contribution < -0.4 is 9.47 Å². The average Bonchev–Trinajstić information content (AvgIpc) is 3.07. The molecular formula is C25H30O5. The smallest absolute Gasteiger partial charge is 0.304 e. The molecule has 1 aliphatic heterocycles. The Bertz CT molecular complexity index is 883. The van der Waals surface area contributed by atoms with E-state index in [1.54, 1.807) is 0 Å². The average molecular weight is 411 g/mol. The number of ether oxygens (including phenoxy) is 3. The predicted octanol–water partition coefficient (Wildman–Crippen LogP) is 4.92. The Kier molecular flexibility index (Phi) is 6.00. The minimum atomic E-state index is -0.797. The van der Waals surface area contributed by atoms with E-state index in [2.05, 4.69) is 26.0 Å². The minimum Gasteiger partial charge on any atom is -0.494 e. The van der Waals surface area contributed by atoms with Gasteiger partial charge in [0.1, 0.15) is 17.6 Å². The van der Waals surface area contributed by atoms with Crippen LogP contribution in [0.1, 0.15) is 55.9 Å². The quantitative estimate of drug-likeness (QED) is 0.636. The highest BCUT2D eigenvalue weighted by Crippen LogP contribution is 2.39. The number of carboxylic acid groups (broad SMARTS) is 1. The van der Waals surface area contributed by atoms with Crippen molar-refractivity contribution in [2.45, 2.75) is 51.0 Å². The van der Waals surface area contributed by atoms with Crippen LogP contribution in [0.2, 0.25) is 0 Å². The van der Waals surface area contributed by atoms with Crippen LogP contribution in [0.25, 0.3) is 0 Å². The third-order valence-corrected chi connectivity index (χ3v) is 6.09. The summed E-state index contributed by atoms with van der Waals surface area (Å²) in [6.45, 7) is 6.06. The summed E-state index contributed by atoms with van der Waals surface area (Å²) in [6.07, 6.45) is 3.11. The monoisotopic (exact) mass is 410 g/mol. The highest BCUT2D eigenvalue weighted by Gasteiger charge is 2.42. The van der Waals surface area contributed by atoms with Crippen molar-refractivity contribution in [3.8, 4) is 11.5 Å². The normalized spacial score (nSPS) is 19.2. The van der Waals surface area contributed by atoms with Crippen molar-refractivity contribution in [2.75, 3.05) is 19.8 Å². The molecule has 0 bridgehead atoms. The topological polar surface area (TPSA) is 65.0 Å². The molecule has 160 valence electrons. The summed E-state index contributed by atoms with van der Waals surface area (Å²) in [7, 11) is 0. The van der Waals surface area contributed by atoms with E-state index in [1.807, 2.05) is 30.3 Å². The summed E-state index contributed by atoms with van der Waals surface area (Å²) < 4.78 is 17.5. The van der Waals surface area contributed by atoms with Crippen LogP contribution in [0.15, 0.2) is 42.5 Å². The number of hydrogen-bond donors (Lipinski definition) is 1. The summed E-state index contributed by atoms with van der Waals surface area (Å²) >= 11 is 0. The fraction of sp³-hybridized carbons (Fsp3) is 0.480. The van der Waals surface area contributed by atoms with Gasteiger partial charge in [0.25, 0.3) is 0 Å². The van der Waals surface area contributed by atoms with E-state index in [0.29, 0.717) is 19.1 Å². The zero-order chi connectivity index (χ0) is 21.1. The molecule has 5 nitrogen and oxygen atoms in total. The lowest BCUT2D eigenvalue weighted by atomic mass is 9.76. The van der Waals surface area contributed by atoms with Gasteiger partial charge in [-0.3, -0.25) is 4.79 Å². The molecule has 2 aliphatic rings. The summed E-state index contributed by atoms with van der Waals surface area (Å²) in [4.78, 5) is 11.2. The van der Waals surface area contributed by atoms with Crippen LogP contribution in [-0.4, -0.2) is 30.9 Å². The van der Waals surface area contributed by atoms with Gasteiger partial charge in [-0.15, -0.1) is 0 Å². The number of rotatable bonds is 9. The molecular weight excluding hydrogens is 380 g/mol. The molecule has 1 saturated heterocycles. The van der Waals surface area contributed by atoms with Crippen LogP contribution in [-0.2, 0) is 21.4 Å². The van der Waals surface area contributed by atoms with Crippen molar-refractivity contribution < 1.29 is 24.1 Å². The first kappa shape index (κ1) is 20.7. The van der Waals surface area contributed by atoms with E-state index in [1.165, 1.54) is 11.1 Å². The Balaban J connectivity index is 1.40. The van der Waals surface area contributed by atoms with E-state index in [9.17, 15) is 9.90 Å². The lowest BCUT2D eigenvalue weighted by Gasteiger charge is -2.40. The molecule has 1 aliphatic carbocycles. The molecule has 2 aromatic carbocycles. The van der Waals surface area contributed by atoms with Crippen molar-refractivity contribution in [1.82, 2.24) is 0 Å².